The van der Waals surface area contributed by atoms with Crippen LogP contribution in [0.1, 0.15) is 24.8 Å². The number of nitrogens with zero attached hydrogens (tertiary/aromatic N) is 1. The van der Waals surface area contributed by atoms with Crippen LogP contribution in [-0.2, 0) is 16.0 Å². The van der Waals surface area contributed by atoms with E-state index in [1.807, 2.05) is 23.1 Å². The predicted octanol–water partition coefficient (Wildman–Crippen LogP) is 1.83. The van der Waals surface area contributed by atoms with E-state index in [1.165, 1.54) is 5.56 Å². The van der Waals surface area contributed by atoms with Crippen molar-refractivity contribution in [2.45, 2.75) is 25.7 Å². The van der Waals surface area contributed by atoms with Crippen molar-refractivity contribution in [2.75, 3.05) is 33.4 Å². The largest absolute Gasteiger partial charge is 0.383 e. The maximum Gasteiger partial charge on any atom is 0.222 e. The van der Waals surface area contributed by atoms with Gasteiger partial charge in [-0.2, -0.15) is 0 Å². The molecule has 0 spiro atoms. The van der Waals surface area contributed by atoms with Gasteiger partial charge >= 0.3 is 0 Å². The SMILES string of the molecule is COCCN(CCCc1ccccc1)C(=O)CCCN. The first kappa shape index (κ1) is 16.7. The van der Waals surface area contributed by atoms with Crippen LogP contribution in [0.15, 0.2) is 30.3 Å². The Morgan fingerprint density at radius 2 is 1.95 bits per heavy atom. The summed E-state index contributed by atoms with van der Waals surface area (Å²) in [7, 11) is 1.66. The number of ether oxygens (including phenoxy) is 1. The molecule has 0 aliphatic rings. The molecule has 2 N–H and O–H groups in total. The second kappa shape index (κ2) is 10.4. The summed E-state index contributed by atoms with van der Waals surface area (Å²) in [5.74, 6) is 0.181. The minimum absolute atomic E-state index is 0.181. The number of aryl methyl sites for hydroxylation is 1. The van der Waals surface area contributed by atoms with E-state index in [1.54, 1.807) is 7.11 Å². The van der Waals surface area contributed by atoms with Gasteiger partial charge in [-0.25, -0.2) is 0 Å². The van der Waals surface area contributed by atoms with Gasteiger partial charge in [0.2, 0.25) is 5.91 Å². The molecule has 20 heavy (non-hydrogen) atoms. The molecule has 0 fully saturated rings. The van der Waals surface area contributed by atoms with E-state index in [0.717, 1.165) is 25.8 Å². The zero-order chi connectivity index (χ0) is 14.6. The molecule has 0 aliphatic heterocycles. The van der Waals surface area contributed by atoms with E-state index in [0.29, 0.717) is 26.1 Å². The first-order chi connectivity index (χ1) is 9.77. The highest BCUT2D eigenvalue weighted by Crippen LogP contribution is 2.05. The van der Waals surface area contributed by atoms with Crippen molar-refractivity contribution in [3.63, 3.8) is 0 Å². The zero-order valence-corrected chi connectivity index (χ0v) is 12.4. The molecule has 0 aromatic heterocycles. The summed E-state index contributed by atoms with van der Waals surface area (Å²) in [6.07, 6.45) is 3.25. The van der Waals surface area contributed by atoms with Crippen LogP contribution in [0.5, 0.6) is 0 Å². The molecule has 112 valence electrons. The quantitative estimate of drug-likeness (QED) is 0.710. The summed E-state index contributed by atoms with van der Waals surface area (Å²) < 4.78 is 5.07. The van der Waals surface area contributed by atoms with Crippen molar-refractivity contribution >= 4 is 5.91 Å². The summed E-state index contributed by atoms with van der Waals surface area (Å²) in [5.41, 5.74) is 6.77. The number of hydrogen-bond donors (Lipinski definition) is 1. The van der Waals surface area contributed by atoms with Crippen LogP contribution in [0.3, 0.4) is 0 Å². The molecule has 4 nitrogen and oxygen atoms in total. The Morgan fingerprint density at radius 3 is 2.60 bits per heavy atom. The van der Waals surface area contributed by atoms with Crippen LogP contribution in [0, 0.1) is 0 Å². The standard InChI is InChI=1S/C16H26N2O2/c1-20-14-13-18(16(19)10-5-11-17)12-6-9-15-7-3-2-4-8-15/h2-4,7-8H,5-6,9-14,17H2,1H3. The van der Waals surface area contributed by atoms with Gasteiger partial charge in [0.15, 0.2) is 0 Å². The van der Waals surface area contributed by atoms with Crippen LogP contribution >= 0.6 is 0 Å². The average molecular weight is 278 g/mol. The van der Waals surface area contributed by atoms with Gasteiger partial charge in [-0.3, -0.25) is 4.79 Å². The van der Waals surface area contributed by atoms with Gasteiger partial charge in [0.1, 0.15) is 0 Å². The third-order valence-corrected chi connectivity index (χ3v) is 3.25. The lowest BCUT2D eigenvalue weighted by Crippen LogP contribution is -2.35. The Kier molecular flexibility index (Phi) is 8.67. The van der Waals surface area contributed by atoms with E-state index in [-0.39, 0.29) is 5.91 Å². The molecule has 1 aromatic carbocycles. The smallest absolute Gasteiger partial charge is 0.222 e. The molecule has 1 rings (SSSR count). The molecule has 4 heteroatoms. The summed E-state index contributed by atoms with van der Waals surface area (Å²) in [6, 6.07) is 10.4. The number of carbonyl (C=O) groups is 1. The topological polar surface area (TPSA) is 55.6 Å². The van der Waals surface area contributed by atoms with Gasteiger partial charge in [-0.05, 0) is 31.4 Å². The highest BCUT2D eigenvalue weighted by Gasteiger charge is 2.12. The second-order valence-corrected chi connectivity index (χ2v) is 4.85. The lowest BCUT2D eigenvalue weighted by molar-refractivity contribution is -0.132. The van der Waals surface area contributed by atoms with Crippen molar-refractivity contribution in [3.05, 3.63) is 35.9 Å². The Bertz CT molecular complexity index is 368. The van der Waals surface area contributed by atoms with Crippen molar-refractivity contribution in [3.8, 4) is 0 Å². The number of carbonyl (C=O) groups excluding carboxylic acids is 1. The van der Waals surface area contributed by atoms with Crippen molar-refractivity contribution in [1.82, 2.24) is 4.90 Å². The normalized spacial score (nSPS) is 10.5. The minimum atomic E-state index is 0.181. The van der Waals surface area contributed by atoms with Crippen LogP contribution in [-0.4, -0.2) is 44.2 Å². The summed E-state index contributed by atoms with van der Waals surface area (Å²) in [6.45, 7) is 2.59. The van der Waals surface area contributed by atoms with E-state index in [9.17, 15) is 4.79 Å². The maximum atomic E-state index is 12.1. The van der Waals surface area contributed by atoms with Gasteiger partial charge in [-0.1, -0.05) is 30.3 Å². The molecule has 0 atom stereocenters. The molecule has 0 aliphatic carbocycles. The maximum absolute atomic E-state index is 12.1. The first-order valence-corrected chi connectivity index (χ1v) is 7.28. The van der Waals surface area contributed by atoms with Crippen molar-refractivity contribution in [2.24, 2.45) is 5.73 Å². The van der Waals surface area contributed by atoms with Gasteiger partial charge in [0.05, 0.1) is 6.61 Å². The van der Waals surface area contributed by atoms with Crippen LogP contribution < -0.4 is 5.73 Å². The Balaban J connectivity index is 2.37. The summed E-state index contributed by atoms with van der Waals surface area (Å²) >= 11 is 0. The van der Waals surface area contributed by atoms with E-state index in [4.69, 9.17) is 10.5 Å². The first-order valence-electron chi connectivity index (χ1n) is 7.28. The van der Waals surface area contributed by atoms with E-state index in [2.05, 4.69) is 12.1 Å². The molecule has 1 amide bonds. The minimum Gasteiger partial charge on any atom is -0.383 e. The van der Waals surface area contributed by atoms with Crippen LogP contribution in [0.25, 0.3) is 0 Å². The predicted molar refractivity (Wildman–Crippen MR) is 81.5 cm³/mol. The molecule has 0 saturated heterocycles. The molecular formula is C16H26N2O2. The monoisotopic (exact) mass is 278 g/mol. The van der Waals surface area contributed by atoms with Gasteiger partial charge in [0.25, 0.3) is 0 Å². The molecule has 0 bridgehead atoms. The molecule has 0 radical (unpaired) electrons. The summed E-state index contributed by atoms with van der Waals surface area (Å²) in [5, 5.41) is 0. The fourth-order valence-corrected chi connectivity index (χ4v) is 2.09. The number of benzene rings is 1. The fourth-order valence-electron chi connectivity index (χ4n) is 2.09. The molecule has 0 unspecified atom stereocenters. The number of methoxy groups -OCH3 is 1. The molecule has 1 aromatic rings. The third kappa shape index (κ3) is 6.68. The van der Waals surface area contributed by atoms with Crippen molar-refractivity contribution in [1.29, 1.82) is 0 Å². The average Bonchev–Trinajstić information content (AvgIpc) is 2.49. The Hall–Kier alpha value is -1.39. The Labute approximate surface area is 121 Å². The lowest BCUT2D eigenvalue weighted by Gasteiger charge is -2.22. The Morgan fingerprint density at radius 1 is 1.20 bits per heavy atom. The molecule has 0 heterocycles. The van der Waals surface area contributed by atoms with Gasteiger partial charge < -0.3 is 15.4 Å². The summed E-state index contributed by atoms with van der Waals surface area (Å²) in [4.78, 5) is 14.0. The second-order valence-electron chi connectivity index (χ2n) is 4.85. The van der Waals surface area contributed by atoms with Gasteiger partial charge in [-0.15, -0.1) is 0 Å². The molecule has 0 saturated carbocycles. The van der Waals surface area contributed by atoms with Crippen molar-refractivity contribution < 1.29 is 9.53 Å². The third-order valence-electron chi connectivity index (χ3n) is 3.25. The van der Waals surface area contributed by atoms with Gasteiger partial charge in [0, 0.05) is 26.6 Å². The number of amides is 1. The number of hydrogen-bond acceptors (Lipinski definition) is 3. The number of rotatable bonds is 10. The van der Waals surface area contributed by atoms with Crippen LogP contribution in [0.2, 0.25) is 0 Å². The highest BCUT2D eigenvalue weighted by atomic mass is 16.5. The highest BCUT2D eigenvalue weighted by molar-refractivity contribution is 5.76. The molecular weight excluding hydrogens is 252 g/mol. The zero-order valence-electron chi connectivity index (χ0n) is 12.4. The number of nitrogens with two attached hydrogens (primary N) is 1. The lowest BCUT2D eigenvalue weighted by atomic mass is 10.1. The van der Waals surface area contributed by atoms with E-state index >= 15 is 0 Å². The van der Waals surface area contributed by atoms with Crippen LogP contribution in [0.4, 0.5) is 0 Å². The van der Waals surface area contributed by atoms with E-state index < -0.39 is 0 Å². The fraction of sp³-hybridized carbons (Fsp3) is 0.562.